The first-order valence-corrected chi connectivity index (χ1v) is 8.58. The predicted octanol–water partition coefficient (Wildman–Crippen LogP) is 2.99. The van der Waals surface area contributed by atoms with Gasteiger partial charge in [0.1, 0.15) is 6.67 Å². The van der Waals surface area contributed by atoms with Crippen molar-refractivity contribution in [3.8, 4) is 0 Å². The van der Waals surface area contributed by atoms with Crippen molar-refractivity contribution in [2.45, 2.75) is 44.9 Å². The van der Waals surface area contributed by atoms with Crippen LogP contribution in [0.25, 0.3) is 0 Å². The molecule has 1 aromatic rings. The highest BCUT2D eigenvalue weighted by Crippen LogP contribution is 2.47. The molecule has 0 atom stereocenters. The molecule has 1 aliphatic carbocycles. The van der Waals surface area contributed by atoms with Crippen LogP contribution in [-0.2, 0) is 16.0 Å². The summed E-state index contributed by atoms with van der Waals surface area (Å²) in [5, 5.41) is 0. The van der Waals surface area contributed by atoms with Crippen molar-refractivity contribution in [3.05, 3.63) is 29.3 Å². The molecule has 6 heteroatoms. The van der Waals surface area contributed by atoms with Crippen LogP contribution in [0.5, 0.6) is 0 Å². The maximum absolute atomic E-state index is 13.6. The largest absolute Gasteiger partial charge is 0.353 e. The maximum Gasteiger partial charge on any atom is 0.237 e. The smallest absolute Gasteiger partial charge is 0.237 e. The SMILES string of the molecule is O=C1CC2(CCCC2)C(=O)N1CN1CCCc2cc(F)c(F)cc21. The van der Waals surface area contributed by atoms with E-state index in [4.69, 9.17) is 0 Å². The molecule has 24 heavy (non-hydrogen) atoms. The Morgan fingerprint density at radius 3 is 2.50 bits per heavy atom. The van der Waals surface area contributed by atoms with Gasteiger partial charge in [-0.2, -0.15) is 0 Å². The van der Waals surface area contributed by atoms with Crippen molar-refractivity contribution in [2.24, 2.45) is 5.41 Å². The Labute approximate surface area is 139 Å². The number of fused-ring (bicyclic) bond motifs is 1. The van der Waals surface area contributed by atoms with E-state index in [0.29, 0.717) is 25.1 Å². The number of benzene rings is 1. The average molecular weight is 334 g/mol. The Morgan fingerprint density at radius 2 is 1.75 bits per heavy atom. The minimum atomic E-state index is -0.896. The number of halogens is 2. The fraction of sp³-hybridized carbons (Fsp3) is 0.556. The summed E-state index contributed by atoms with van der Waals surface area (Å²) in [6.07, 6.45) is 5.31. The number of amides is 2. The Balaban J connectivity index is 1.60. The monoisotopic (exact) mass is 334 g/mol. The minimum absolute atomic E-state index is 0.0836. The van der Waals surface area contributed by atoms with E-state index in [2.05, 4.69) is 0 Å². The fourth-order valence-electron chi connectivity index (χ4n) is 4.42. The van der Waals surface area contributed by atoms with Gasteiger partial charge in [-0.05, 0) is 37.3 Å². The highest BCUT2D eigenvalue weighted by atomic mass is 19.2. The van der Waals surface area contributed by atoms with Gasteiger partial charge in [-0.1, -0.05) is 12.8 Å². The van der Waals surface area contributed by atoms with Crippen molar-refractivity contribution in [3.63, 3.8) is 0 Å². The zero-order chi connectivity index (χ0) is 16.9. The van der Waals surface area contributed by atoms with Gasteiger partial charge in [-0.15, -0.1) is 0 Å². The highest BCUT2D eigenvalue weighted by molar-refractivity contribution is 6.06. The summed E-state index contributed by atoms with van der Waals surface area (Å²) in [6.45, 7) is 0.764. The quantitative estimate of drug-likeness (QED) is 0.781. The molecule has 2 amide bonds. The molecular formula is C18H20F2N2O2. The van der Waals surface area contributed by atoms with E-state index in [1.807, 2.05) is 4.90 Å². The molecule has 2 aliphatic heterocycles. The number of rotatable bonds is 2. The Kier molecular flexibility index (Phi) is 3.58. The summed E-state index contributed by atoms with van der Waals surface area (Å²) in [5.41, 5.74) is 0.826. The van der Waals surface area contributed by atoms with Gasteiger partial charge in [-0.3, -0.25) is 14.5 Å². The third-order valence-corrected chi connectivity index (χ3v) is 5.70. The predicted molar refractivity (Wildman–Crippen MR) is 84.3 cm³/mol. The van der Waals surface area contributed by atoms with Crippen LogP contribution < -0.4 is 4.90 Å². The minimum Gasteiger partial charge on any atom is -0.353 e. The lowest BCUT2D eigenvalue weighted by atomic mass is 9.85. The number of likely N-dealkylation sites (tertiary alicyclic amines) is 1. The number of nitrogens with zero attached hydrogens (tertiary/aromatic N) is 2. The number of hydrogen-bond acceptors (Lipinski definition) is 3. The first-order chi connectivity index (χ1) is 11.5. The third kappa shape index (κ3) is 2.31. The van der Waals surface area contributed by atoms with Crippen LogP contribution in [0.2, 0.25) is 0 Å². The van der Waals surface area contributed by atoms with Crippen molar-refractivity contribution < 1.29 is 18.4 Å². The third-order valence-electron chi connectivity index (χ3n) is 5.70. The zero-order valence-electron chi connectivity index (χ0n) is 13.5. The first-order valence-electron chi connectivity index (χ1n) is 8.58. The van der Waals surface area contributed by atoms with Gasteiger partial charge >= 0.3 is 0 Å². The van der Waals surface area contributed by atoms with E-state index in [-0.39, 0.29) is 18.5 Å². The molecule has 2 heterocycles. The van der Waals surface area contributed by atoms with E-state index in [1.54, 1.807) is 0 Å². The van der Waals surface area contributed by atoms with Gasteiger partial charge in [0.15, 0.2) is 11.6 Å². The lowest BCUT2D eigenvalue weighted by molar-refractivity contribution is -0.141. The standard InChI is InChI=1S/C18H20F2N2O2/c19-13-8-12-4-3-7-21(15(12)9-14(13)20)11-22-16(23)10-18(17(22)24)5-1-2-6-18/h8-9H,1-7,10-11H2. The lowest BCUT2D eigenvalue weighted by Crippen LogP contribution is -2.44. The van der Waals surface area contributed by atoms with Crippen LogP contribution in [0.15, 0.2) is 12.1 Å². The van der Waals surface area contributed by atoms with Crippen molar-refractivity contribution >= 4 is 17.5 Å². The second-order valence-corrected chi connectivity index (χ2v) is 7.19. The molecular weight excluding hydrogens is 314 g/mol. The molecule has 2 fully saturated rings. The summed E-state index contributed by atoms with van der Waals surface area (Å²) in [5.74, 6) is -1.97. The molecule has 0 radical (unpaired) electrons. The summed E-state index contributed by atoms with van der Waals surface area (Å²) in [7, 11) is 0. The molecule has 4 nitrogen and oxygen atoms in total. The number of carbonyl (C=O) groups is 2. The van der Waals surface area contributed by atoms with E-state index in [9.17, 15) is 18.4 Å². The number of imide groups is 1. The number of hydrogen-bond donors (Lipinski definition) is 0. The molecule has 0 aromatic heterocycles. The highest BCUT2D eigenvalue weighted by Gasteiger charge is 2.52. The molecule has 1 saturated heterocycles. The van der Waals surface area contributed by atoms with E-state index < -0.39 is 17.0 Å². The maximum atomic E-state index is 13.6. The molecule has 0 unspecified atom stereocenters. The normalized spacial score (nSPS) is 22.6. The molecule has 3 aliphatic rings. The average Bonchev–Trinajstić information content (AvgIpc) is 3.10. The van der Waals surface area contributed by atoms with Crippen molar-refractivity contribution in [2.75, 3.05) is 18.1 Å². The summed E-state index contributed by atoms with van der Waals surface area (Å²) < 4.78 is 27.1. The van der Waals surface area contributed by atoms with Gasteiger partial charge in [0.25, 0.3) is 0 Å². The van der Waals surface area contributed by atoms with Crippen LogP contribution in [0.1, 0.15) is 44.1 Å². The van der Waals surface area contributed by atoms with Crippen LogP contribution in [0.4, 0.5) is 14.5 Å². The van der Waals surface area contributed by atoms with E-state index >= 15 is 0 Å². The molecule has 0 bridgehead atoms. The fourth-order valence-corrected chi connectivity index (χ4v) is 4.42. The molecule has 0 N–H and O–H groups in total. The summed E-state index contributed by atoms with van der Waals surface area (Å²) in [6, 6.07) is 2.41. The van der Waals surface area contributed by atoms with Gasteiger partial charge in [0.2, 0.25) is 11.8 Å². The number of carbonyl (C=O) groups excluding carboxylic acids is 2. The lowest BCUT2D eigenvalue weighted by Gasteiger charge is -2.34. The summed E-state index contributed by atoms with van der Waals surface area (Å²) >= 11 is 0. The Hall–Kier alpha value is -1.98. The van der Waals surface area contributed by atoms with Gasteiger partial charge in [0, 0.05) is 24.7 Å². The second-order valence-electron chi connectivity index (χ2n) is 7.19. The molecule has 1 saturated carbocycles. The van der Waals surface area contributed by atoms with Crippen LogP contribution >= 0.6 is 0 Å². The number of anilines is 1. The topological polar surface area (TPSA) is 40.6 Å². The zero-order valence-corrected chi connectivity index (χ0v) is 13.5. The molecule has 1 spiro atoms. The van der Waals surface area contributed by atoms with E-state index in [0.717, 1.165) is 37.7 Å². The summed E-state index contributed by atoms with van der Waals surface area (Å²) in [4.78, 5) is 28.3. The second kappa shape index (κ2) is 5.53. The molecule has 128 valence electrons. The van der Waals surface area contributed by atoms with Gasteiger partial charge < -0.3 is 4.90 Å². The Bertz CT molecular complexity index is 713. The molecule has 1 aromatic carbocycles. The van der Waals surface area contributed by atoms with Gasteiger partial charge in [0.05, 0.1) is 5.41 Å². The number of aryl methyl sites for hydroxylation is 1. The van der Waals surface area contributed by atoms with Crippen LogP contribution in [0.3, 0.4) is 0 Å². The molecule has 4 rings (SSSR count). The van der Waals surface area contributed by atoms with Crippen LogP contribution in [0, 0.1) is 17.0 Å². The van der Waals surface area contributed by atoms with Crippen LogP contribution in [-0.4, -0.2) is 29.9 Å². The van der Waals surface area contributed by atoms with Crippen molar-refractivity contribution in [1.82, 2.24) is 4.90 Å². The first kappa shape index (κ1) is 15.5. The van der Waals surface area contributed by atoms with E-state index in [1.165, 1.54) is 17.0 Å². The Morgan fingerprint density at radius 1 is 1.04 bits per heavy atom. The van der Waals surface area contributed by atoms with Gasteiger partial charge in [-0.25, -0.2) is 8.78 Å². The van der Waals surface area contributed by atoms with Crippen molar-refractivity contribution in [1.29, 1.82) is 0 Å².